The van der Waals surface area contributed by atoms with Crippen molar-refractivity contribution >= 4 is 23.2 Å². The van der Waals surface area contributed by atoms with Crippen molar-refractivity contribution < 1.29 is 17.9 Å². The van der Waals surface area contributed by atoms with E-state index in [0.29, 0.717) is 17.1 Å². The van der Waals surface area contributed by atoms with Crippen LogP contribution in [-0.2, 0) is 6.18 Å². The molecule has 2 N–H and O–H groups in total. The van der Waals surface area contributed by atoms with Gasteiger partial charge < -0.3 is 10.5 Å². The van der Waals surface area contributed by atoms with E-state index in [9.17, 15) is 13.2 Å². The number of nitrogens with two attached hydrogens (primary N) is 1. The molecule has 144 valence electrons. The molecule has 0 aliphatic heterocycles. The van der Waals surface area contributed by atoms with E-state index in [-0.39, 0.29) is 10.3 Å². The van der Waals surface area contributed by atoms with Crippen molar-refractivity contribution in [3.8, 4) is 17.0 Å². The lowest BCUT2D eigenvalue weighted by atomic mass is 10.1. The number of thioether (sulfide) groups is 1. The van der Waals surface area contributed by atoms with Gasteiger partial charge in [0.1, 0.15) is 17.2 Å². The zero-order valence-electron chi connectivity index (χ0n) is 15.3. The number of rotatable bonds is 3. The summed E-state index contributed by atoms with van der Waals surface area (Å²) >= 11 is 1.59. The predicted octanol–water partition coefficient (Wildman–Crippen LogP) is 4.90. The van der Waals surface area contributed by atoms with Gasteiger partial charge in [-0.1, -0.05) is 20.8 Å². The van der Waals surface area contributed by atoms with Crippen molar-refractivity contribution in [2.24, 2.45) is 0 Å². The molecule has 0 fully saturated rings. The minimum absolute atomic E-state index is 0.0755. The monoisotopic (exact) mass is 396 g/mol. The maximum absolute atomic E-state index is 13.2. The molecular weight excluding hydrogens is 377 g/mol. The number of nitrogen functional groups attached to an aromatic ring is 1. The van der Waals surface area contributed by atoms with Gasteiger partial charge in [-0.3, -0.25) is 4.40 Å². The average molecular weight is 396 g/mol. The number of hydrogen-bond acceptors (Lipinski definition) is 5. The maximum Gasteiger partial charge on any atom is 0.419 e. The third kappa shape index (κ3) is 3.97. The molecular formula is C18H19F3N4OS. The number of methoxy groups -OCH3 is 1. The normalized spacial score (nSPS) is 12.6. The largest absolute Gasteiger partial charge is 0.495 e. The fourth-order valence-corrected chi connectivity index (χ4v) is 3.67. The first kappa shape index (κ1) is 19.3. The molecule has 0 spiro atoms. The second-order valence-electron chi connectivity index (χ2n) is 6.95. The molecule has 27 heavy (non-hydrogen) atoms. The fourth-order valence-electron chi connectivity index (χ4n) is 2.61. The van der Waals surface area contributed by atoms with Crippen LogP contribution in [0.4, 0.5) is 19.0 Å². The second kappa shape index (κ2) is 6.63. The van der Waals surface area contributed by atoms with Crippen LogP contribution in [0, 0.1) is 0 Å². The first-order valence-corrected chi connectivity index (χ1v) is 8.88. The Morgan fingerprint density at radius 1 is 1.11 bits per heavy atom. The minimum atomic E-state index is -4.58. The summed E-state index contributed by atoms with van der Waals surface area (Å²) in [5, 5.41) is 0. The van der Waals surface area contributed by atoms with E-state index < -0.39 is 17.6 Å². The van der Waals surface area contributed by atoms with Crippen LogP contribution >= 0.6 is 11.8 Å². The Hall–Kier alpha value is -2.42. The van der Waals surface area contributed by atoms with Crippen molar-refractivity contribution in [3.63, 3.8) is 0 Å². The van der Waals surface area contributed by atoms with Crippen LogP contribution in [0.3, 0.4) is 0 Å². The number of pyridine rings is 2. The lowest BCUT2D eigenvalue weighted by Crippen LogP contribution is -2.10. The fraction of sp³-hybridized carbons (Fsp3) is 0.333. The Labute approximate surface area is 158 Å². The van der Waals surface area contributed by atoms with Gasteiger partial charge in [-0.25, -0.2) is 9.97 Å². The summed E-state index contributed by atoms with van der Waals surface area (Å²) in [7, 11) is 1.57. The summed E-state index contributed by atoms with van der Waals surface area (Å²) < 4.78 is 46.6. The summed E-state index contributed by atoms with van der Waals surface area (Å²) in [6.45, 7) is 6.20. The first-order valence-electron chi connectivity index (χ1n) is 8.07. The van der Waals surface area contributed by atoms with Gasteiger partial charge in [0, 0.05) is 28.8 Å². The third-order valence-corrected chi connectivity index (χ3v) is 4.87. The van der Waals surface area contributed by atoms with E-state index in [1.807, 2.05) is 6.20 Å². The lowest BCUT2D eigenvalue weighted by molar-refractivity contribution is -0.137. The van der Waals surface area contributed by atoms with E-state index in [0.717, 1.165) is 11.0 Å². The zero-order valence-corrected chi connectivity index (χ0v) is 16.1. The number of aromatic nitrogens is 3. The number of hydrogen-bond donors (Lipinski definition) is 1. The van der Waals surface area contributed by atoms with Crippen LogP contribution in [0.1, 0.15) is 26.3 Å². The highest BCUT2D eigenvalue weighted by Crippen LogP contribution is 2.40. The molecule has 0 aliphatic carbocycles. The highest BCUT2D eigenvalue weighted by atomic mass is 32.2. The first-order chi connectivity index (χ1) is 12.5. The summed E-state index contributed by atoms with van der Waals surface area (Å²) in [4.78, 5) is 8.86. The Balaban J connectivity index is 2.18. The Bertz CT molecular complexity index is 993. The van der Waals surface area contributed by atoms with Crippen LogP contribution < -0.4 is 10.5 Å². The number of ether oxygens (including phenoxy) is 1. The predicted molar refractivity (Wildman–Crippen MR) is 100.0 cm³/mol. The molecule has 0 saturated heterocycles. The molecule has 0 radical (unpaired) electrons. The van der Waals surface area contributed by atoms with Crippen molar-refractivity contribution in [1.29, 1.82) is 0 Å². The van der Waals surface area contributed by atoms with Gasteiger partial charge in [-0.2, -0.15) is 13.2 Å². The number of anilines is 1. The molecule has 5 nitrogen and oxygen atoms in total. The Morgan fingerprint density at radius 2 is 1.81 bits per heavy atom. The van der Waals surface area contributed by atoms with Crippen molar-refractivity contribution in [1.82, 2.24) is 14.4 Å². The summed E-state index contributed by atoms with van der Waals surface area (Å²) in [6.07, 6.45) is 0.0581. The molecule has 3 aromatic heterocycles. The quantitative estimate of drug-likeness (QED) is 0.638. The van der Waals surface area contributed by atoms with Gasteiger partial charge in [0.05, 0.1) is 29.5 Å². The number of fused-ring (bicyclic) bond motifs is 1. The Kier molecular flexibility index (Phi) is 4.75. The highest BCUT2D eigenvalue weighted by molar-refractivity contribution is 8.00. The van der Waals surface area contributed by atoms with Gasteiger partial charge in [0.2, 0.25) is 0 Å². The lowest BCUT2D eigenvalue weighted by Gasteiger charge is -2.20. The molecule has 0 atom stereocenters. The van der Waals surface area contributed by atoms with Crippen LogP contribution in [0.5, 0.6) is 5.75 Å². The molecule has 0 saturated carbocycles. The standard InChI is InChI=1S/C18H19F3N4OS/c1-17(2,3)27-14-9-25-12(8-23-15(25)6-13(14)26-4)10-5-11(18(19,20)21)16(22)24-7-10/h5-9H,1-4H3,(H2,22,24). The van der Waals surface area contributed by atoms with Gasteiger partial charge in [-0.15, -0.1) is 11.8 Å². The molecule has 0 unspecified atom stereocenters. The molecule has 9 heteroatoms. The summed E-state index contributed by atoms with van der Waals surface area (Å²) in [6, 6.07) is 2.75. The van der Waals surface area contributed by atoms with Crippen molar-refractivity contribution in [2.75, 3.05) is 12.8 Å². The Morgan fingerprint density at radius 3 is 2.41 bits per heavy atom. The molecule has 0 aromatic carbocycles. The average Bonchev–Trinajstić information content (AvgIpc) is 2.94. The van der Waals surface area contributed by atoms with Crippen molar-refractivity contribution in [2.45, 2.75) is 36.6 Å². The number of nitrogens with zero attached hydrogens (tertiary/aromatic N) is 3. The second-order valence-corrected chi connectivity index (χ2v) is 8.82. The SMILES string of the molecule is COc1cc2ncc(-c3cnc(N)c(C(F)(F)F)c3)n2cc1SC(C)(C)C. The van der Waals surface area contributed by atoms with E-state index in [1.165, 1.54) is 12.4 Å². The van der Waals surface area contributed by atoms with Gasteiger partial charge in [-0.05, 0) is 6.07 Å². The summed E-state index contributed by atoms with van der Waals surface area (Å²) in [5.74, 6) is 0.108. The molecule has 0 aliphatic rings. The molecule has 3 rings (SSSR count). The van der Waals surface area contributed by atoms with Crippen LogP contribution in [0.2, 0.25) is 0 Å². The van der Waals surface area contributed by atoms with Crippen molar-refractivity contribution in [3.05, 3.63) is 36.3 Å². The smallest absolute Gasteiger partial charge is 0.419 e. The van der Waals surface area contributed by atoms with Gasteiger partial charge >= 0.3 is 6.18 Å². The van der Waals surface area contributed by atoms with Crippen LogP contribution in [0.25, 0.3) is 16.9 Å². The molecule has 3 aromatic rings. The molecule has 0 bridgehead atoms. The molecule has 0 amide bonds. The van der Waals surface area contributed by atoms with Crippen LogP contribution in [-0.4, -0.2) is 26.2 Å². The van der Waals surface area contributed by atoms with E-state index in [4.69, 9.17) is 10.5 Å². The number of alkyl halides is 3. The topological polar surface area (TPSA) is 65.4 Å². The highest BCUT2D eigenvalue weighted by Gasteiger charge is 2.34. The maximum atomic E-state index is 13.2. The van der Waals surface area contributed by atoms with E-state index in [2.05, 4.69) is 30.7 Å². The van der Waals surface area contributed by atoms with Crippen LogP contribution in [0.15, 0.2) is 35.6 Å². The summed E-state index contributed by atoms with van der Waals surface area (Å²) in [5.41, 5.74) is 5.76. The van der Waals surface area contributed by atoms with E-state index >= 15 is 0 Å². The minimum Gasteiger partial charge on any atom is -0.495 e. The van der Waals surface area contributed by atoms with E-state index in [1.54, 1.807) is 29.3 Å². The number of halogens is 3. The molecule has 3 heterocycles. The zero-order chi connectivity index (χ0) is 20.0. The third-order valence-electron chi connectivity index (χ3n) is 3.73. The van der Waals surface area contributed by atoms with Gasteiger partial charge in [0.15, 0.2) is 0 Å². The van der Waals surface area contributed by atoms with Gasteiger partial charge in [0.25, 0.3) is 0 Å². The number of imidazole rings is 1.